The number of esters is 2. The largest absolute Gasteiger partial charge is 0.466 e. The molecule has 0 saturated carbocycles. The second-order valence-corrected chi connectivity index (χ2v) is 7.42. The van der Waals surface area contributed by atoms with Crippen LogP contribution in [0.1, 0.15) is 11.5 Å². The maximum absolute atomic E-state index is 14.5. The zero-order valence-electron chi connectivity index (χ0n) is 18.8. The number of carbonyl (C=O) groups is 2. The maximum atomic E-state index is 14.5. The minimum absolute atomic E-state index is 0.0278. The van der Waals surface area contributed by atoms with Crippen LogP contribution in [0.4, 0.5) is 10.1 Å². The van der Waals surface area contributed by atoms with Crippen LogP contribution < -0.4 is 10.6 Å². The molecule has 0 amide bonds. The van der Waals surface area contributed by atoms with Crippen molar-refractivity contribution in [3.63, 3.8) is 0 Å². The third-order valence-electron chi connectivity index (χ3n) is 5.54. The summed E-state index contributed by atoms with van der Waals surface area (Å²) in [6, 6.07) is 16.1. The molecule has 0 spiro atoms. The number of nitrogens with zero attached hydrogens (tertiary/aromatic N) is 4. The Morgan fingerprint density at radius 1 is 1.06 bits per heavy atom. The van der Waals surface area contributed by atoms with Gasteiger partial charge in [-0.15, -0.1) is 0 Å². The van der Waals surface area contributed by atoms with Gasteiger partial charge in [-0.3, -0.25) is 4.90 Å². The average Bonchev–Trinajstić information content (AvgIpc) is 3.42. The number of hydrogen-bond donors (Lipinski definition) is 1. The van der Waals surface area contributed by atoms with E-state index in [0.29, 0.717) is 11.3 Å². The fourth-order valence-corrected chi connectivity index (χ4v) is 4.04. The Morgan fingerprint density at radius 2 is 1.77 bits per heavy atom. The first kappa shape index (κ1) is 23.3. The first-order chi connectivity index (χ1) is 16.9. The van der Waals surface area contributed by atoms with Crippen molar-refractivity contribution in [1.82, 2.24) is 9.78 Å². The molecule has 1 aromatic heterocycles. The lowest BCUT2D eigenvalue weighted by molar-refractivity contribution is -0.139. The van der Waals surface area contributed by atoms with Crippen molar-refractivity contribution in [1.29, 1.82) is 5.26 Å². The Hall–Kier alpha value is -4.91. The van der Waals surface area contributed by atoms with Crippen LogP contribution in [-0.2, 0) is 19.1 Å². The first-order valence-electron chi connectivity index (χ1n) is 10.4. The number of allylic oxidation sites excluding steroid dienone is 1. The van der Waals surface area contributed by atoms with Gasteiger partial charge in [0, 0.05) is 18.5 Å². The molecule has 1 unspecified atom stereocenters. The number of carbonyl (C=O) groups excluding carboxylic acids is 2. The lowest BCUT2D eigenvalue weighted by atomic mass is 9.81. The Bertz CT molecular complexity index is 1390. The van der Waals surface area contributed by atoms with Crippen LogP contribution in [0.2, 0.25) is 0 Å². The van der Waals surface area contributed by atoms with Crippen LogP contribution in [-0.4, -0.2) is 35.9 Å². The average molecular weight is 473 g/mol. The maximum Gasteiger partial charge on any atom is 0.355 e. The lowest BCUT2D eigenvalue weighted by Gasteiger charge is -2.36. The van der Waals surface area contributed by atoms with E-state index >= 15 is 0 Å². The number of hydrogen-bond acceptors (Lipinski definition) is 8. The predicted molar refractivity (Wildman–Crippen MR) is 123 cm³/mol. The number of anilines is 1. The highest BCUT2D eigenvalue weighted by Crippen LogP contribution is 2.44. The highest BCUT2D eigenvalue weighted by atomic mass is 19.1. The molecule has 0 fully saturated rings. The van der Waals surface area contributed by atoms with Crippen molar-refractivity contribution in [3.8, 4) is 11.8 Å². The van der Waals surface area contributed by atoms with Crippen molar-refractivity contribution in [3.05, 3.63) is 101 Å². The van der Waals surface area contributed by atoms with Gasteiger partial charge in [0.25, 0.3) is 0 Å². The van der Waals surface area contributed by atoms with Gasteiger partial charge >= 0.3 is 11.9 Å². The van der Waals surface area contributed by atoms with Crippen LogP contribution in [0.15, 0.2) is 89.7 Å². The van der Waals surface area contributed by atoms with E-state index < -0.39 is 23.7 Å². The van der Waals surface area contributed by atoms with E-state index in [1.807, 2.05) is 0 Å². The molecule has 2 N–H and O–H groups in total. The molecule has 1 aliphatic heterocycles. The molecule has 35 heavy (non-hydrogen) atoms. The summed E-state index contributed by atoms with van der Waals surface area (Å²) in [5, 5.41) is 14.3. The van der Waals surface area contributed by atoms with E-state index in [1.54, 1.807) is 42.6 Å². The zero-order chi connectivity index (χ0) is 25.1. The van der Waals surface area contributed by atoms with E-state index in [2.05, 4.69) is 11.2 Å². The monoisotopic (exact) mass is 473 g/mol. The Balaban J connectivity index is 2.11. The van der Waals surface area contributed by atoms with Gasteiger partial charge in [-0.1, -0.05) is 30.3 Å². The topological polar surface area (TPSA) is 123 Å². The normalized spacial score (nSPS) is 15.6. The molecule has 1 aliphatic rings. The summed E-state index contributed by atoms with van der Waals surface area (Å²) in [4.78, 5) is 27.4. The van der Waals surface area contributed by atoms with Gasteiger partial charge in [0.15, 0.2) is 0 Å². The molecule has 10 heteroatoms. The molecular formula is C25H20FN5O4. The van der Waals surface area contributed by atoms with E-state index in [1.165, 1.54) is 23.0 Å². The molecule has 9 nitrogen and oxygen atoms in total. The van der Waals surface area contributed by atoms with Gasteiger partial charge < -0.3 is 15.2 Å². The third-order valence-corrected chi connectivity index (χ3v) is 5.54. The van der Waals surface area contributed by atoms with Gasteiger partial charge in [-0.2, -0.15) is 10.4 Å². The van der Waals surface area contributed by atoms with Crippen LogP contribution >= 0.6 is 0 Å². The quantitative estimate of drug-likeness (QED) is 0.561. The molecule has 0 aliphatic carbocycles. The molecule has 0 bridgehead atoms. The Labute approximate surface area is 200 Å². The first-order valence-corrected chi connectivity index (χ1v) is 10.4. The van der Waals surface area contributed by atoms with Crippen LogP contribution in [0.5, 0.6) is 0 Å². The molecule has 4 rings (SSSR count). The summed E-state index contributed by atoms with van der Waals surface area (Å²) in [5.74, 6) is -3.64. The summed E-state index contributed by atoms with van der Waals surface area (Å²) in [7, 11) is 2.29. The van der Waals surface area contributed by atoms with Gasteiger partial charge in [0.2, 0.25) is 0 Å². The van der Waals surface area contributed by atoms with E-state index in [9.17, 15) is 19.2 Å². The highest BCUT2D eigenvalue weighted by molar-refractivity contribution is 6.06. The molecule has 3 aromatic rings. The van der Waals surface area contributed by atoms with E-state index in [-0.39, 0.29) is 28.4 Å². The number of ether oxygens (including phenoxy) is 2. The number of rotatable bonds is 5. The summed E-state index contributed by atoms with van der Waals surface area (Å²) in [6.45, 7) is 0. The Morgan fingerprint density at radius 3 is 2.37 bits per heavy atom. The molecule has 2 heterocycles. The number of methoxy groups -OCH3 is 2. The second kappa shape index (κ2) is 9.52. The molecule has 2 aromatic carbocycles. The molecule has 1 atom stereocenters. The van der Waals surface area contributed by atoms with Crippen molar-refractivity contribution in [2.75, 3.05) is 19.1 Å². The fourth-order valence-electron chi connectivity index (χ4n) is 4.04. The van der Waals surface area contributed by atoms with E-state index in [4.69, 9.17) is 15.2 Å². The number of halogens is 1. The van der Waals surface area contributed by atoms with Crippen molar-refractivity contribution in [2.45, 2.75) is 5.92 Å². The Kier molecular flexibility index (Phi) is 6.33. The standard InChI is InChI=1S/C25H20FN5O4/c1-34-24(32)21-20(15-7-4-3-5-8-15)17(14-27)23(28)31(22(21)25(33)35-2)19-13-16(26)9-10-18(19)30-12-6-11-29-30/h3-13,20H,28H2,1-2H3. The summed E-state index contributed by atoms with van der Waals surface area (Å²) in [6.07, 6.45) is 3.13. The van der Waals surface area contributed by atoms with Crippen LogP contribution in [0.3, 0.4) is 0 Å². The van der Waals surface area contributed by atoms with Gasteiger partial charge in [0.05, 0.1) is 48.7 Å². The third kappa shape index (κ3) is 4.00. The summed E-state index contributed by atoms with van der Waals surface area (Å²) in [5.41, 5.74) is 6.91. The minimum atomic E-state index is -1.03. The van der Waals surface area contributed by atoms with Crippen LogP contribution in [0, 0.1) is 17.1 Å². The number of benzene rings is 2. The number of nitrogens with two attached hydrogens (primary N) is 1. The highest BCUT2D eigenvalue weighted by Gasteiger charge is 2.43. The summed E-state index contributed by atoms with van der Waals surface area (Å²) < 4.78 is 26.0. The van der Waals surface area contributed by atoms with Gasteiger partial charge in [-0.05, 0) is 23.8 Å². The fraction of sp³-hybridized carbons (Fsp3) is 0.120. The van der Waals surface area contributed by atoms with Crippen molar-refractivity contribution >= 4 is 17.6 Å². The van der Waals surface area contributed by atoms with Crippen molar-refractivity contribution in [2.24, 2.45) is 5.73 Å². The molecule has 0 radical (unpaired) electrons. The molecule has 0 saturated heterocycles. The van der Waals surface area contributed by atoms with Gasteiger partial charge in [-0.25, -0.2) is 18.7 Å². The second-order valence-electron chi connectivity index (χ2n) is 7.42. The van der Waals surface area contributed by atoms with E-state index in [0.717, 1.165) is 25.2 Å². The molecular weight excluding hydrogens is 453 g/mol. The number of aromatic nitrogens is 2. The minimum Gasteiger partial charge on any atom is -0.466 e. The molecule has 176 valence electrons. The van der Waals surface area contributed by atoms with Crippen molar-refractivity contribution < 1.29 is 23.5 Å². The smallest absolute Gasteiger partial charge is 0.355 e. The lowest BCUT2D eigenvalue weighted by Crippen LogP contribution is -2.41. The zero-order valence-corrected chi connectivity index (χ0v) is 18.8. The van der Waals surface area contributed by atoms with Gasteiger partial charge in [0.1, 0.15) is 17.3 Å². The number of nitriles is 1. The predicted octanol–water partition coefficient (Wildman–Crippen LogP) is 2.91. The summed E-state index contributed by atoms with van der Waals surface area (Å²) >= 11 is 0. The van der Waals surface area contributed by atoms with Crippen LogP contribution in [0.25, 0.3) is 5.69 Å². The SMILES string of the molecule is COC(=O)C1=C(C(=O)OC)N(c2cc(F)ccc2-n2cccn2)C(N)=C(C#N)C1c1ccccc1.